The lowest BCUT2D eigenvalue weighted by atomic mass is 9.99. The van der Waals surface area contributed by atoms with Crippen molar-refractivity contribution < 1.29 is 39.4 Å². The molecule has 0 saturated carbocycles. The lowest BCUT2D eigenvalue weighted by Crippen LogP contribution is -2.33. The van der Waals surface area contributed by atoms with Crippen molar-refractivity contribution in [3.63, 3.8) is 0 Å². The Morgan fingerprint density at radius 2 is 1.11 bits per heavy atom. The number of cyclic esters (lactones) is 1. The van der Waals surface area contributed by atoms with Crippen LogP contribution in [0, 0.1) is 0 Å². The van der Waals surface area contributed by atoms with Gasteiger partial charge in [0.25, 0.3) is 0 Å². The second-order valence-electron chi connectivity index (χ2n) is 14.2. The first-order valence-electron chi connectivity index (χ1n) is 18.7. The van der Waals surface area contributed by atoms with Gasteiger partial charge in [0.1, 0.15) is 6.10 Å². The molecule has 0 unspecified atom stereocenters. The largest absolute Gasteiger partial charge is 0.455 e. The number of hydrogen-bond acceptors (Lipinski definition) is 8. The van der Waals surface area contributed by atoms with Gasteiger partial charge in [-0.2, -0.15) is 0 Å². The van der Waals surface area contributed by atoms with Gasteiger partial charge in [-0.15, -0.1) is 0 Å². The van der Waals surface area contributed by atoms with E-state index in [2.05, 4.69) is 6.92 Å². The molecule has 0 radical (unpaired) electrons. The van der Waals surface area contributed by atoms with Crippen molar-refractivity contribution in [1.29, 1.82) is 0 Å². The SMILES string of the molecule is CCCCCC[C@H](O)CCC[C@H](O)[C@@H]1CC[C@H]([C@@H]2CC[C@@H]([C@H](O)CCCCCCCCC[C@H](O)CCC3=C[C@@H](C)OC3=O)O2)O1. The van der Waals surface area contributed by atoms with Crippen molar-refractivity contribution in [3.8, 4) is 0 Å². The van der Waals surface area contributed by atoms with E-state index in [4.69, 9.17) is 14.2 Å². The molecule has 8 heteroatoms. The highest BCUT2D eigenvalue weighted by Crippen LogP contribution is 2.34. The van der Waals surface area contributed by atoms with Crippen LogP contribution >= 0.6 is 0 Å². The van der Waals surface area contributed by atoms with E-state index < -0.39 is 12.2 Å². The van der Waals surface area contributed by atoms with Gasteiger partial charge in [-0.25, -0.2) is 4.79 Å². The summed E-state index contributed by atoms with van der Waals surface area (Å²) in [7, 11) is 0. The minimum atomic E-state index is -0.492. The first kappa shape index (κ1) is 38.4. The summed E-state index contributed by atoms with van der Waals surface area (Å²) in [5.41, 5.74) is 0.700. The van der Waals surface area contributed by atoms with Crippen molar-refractivity contribution in [2.24, 2.45) is 0 Å². The second kappa shape index (κ2) is 21.8. The van der Waals surface area contributed by atoms with Crippen LogP contribution in [0.5, 0.6) is 0 Å². The van der Waals surface area contributed by atoms with E-state index in [-0.39, 0.29) is 48.7 Å². The molecule has 0 aromatic carbocycles. The number of unbranched alkanes of at least 4 members (excludes halogenated alkanes) is 9. The standard InChI is InChI=1S/C37H66O8/c1-3-4-5-11-15-29(38)17-14-19-32(41)34-23-25-36(45-34)35-24-22-33(44-35)31(40)18-13-10-8-6-7-9-12-16-30(39)21-20-28-26-27(2)43-37(28)42/h26-27,29-36,38-41H,3-25H2,1-2H3/t27-,29+,30+,31-,32+,33+,34+,35+,36-/m1/s1. The smallest absolute Gasteiger partial charge is 0.334 e. The summed E-state index contributed by atoms with van der Waals surface area (Å²) < 4.78 is 17.6. The molecule has 3 aliphatic heterocycles. The van der Waals surface area contributed by atoms with Crippen LogP contribution in [-0.4, -0.2) is 81.3 Å². The zero-order valence-corrected chi connectivity index (χ0v) is 28.5. The molecular formula is C37H66O8. The van der Waals surface area contributed by atoms with Gasteiger partial charge in [-0.3, -0.25) is 0 Å². The van der Waals surface area contributed by atoms with Gasteiger partial charge in [-0.1, -0.05) is 77.6 Å². The molecule has 45 heavy (non-hydrogen) atoms. The Hall–Kier alpha value is -1.03. The van der Waals surface area contributed by atoms with E-state index in [9.17, 15) is 25.2 Å². The highest BCUT2D eigenvalue weighted by Gasteiger charge is 2.40. The summed E-state index contributed by atoms with van der Waals surface area (Å²) in [5.74, 6) is -0.237. The zero-order valence-electron chi connectivity index (χ0n) is 28.5. The first-order chi connectivity index (χ1) is 21.8. The van der Waals surface area contributed by atoms with Crippen LogP contribution in [0.4, 0.5) is 0 Å². The number of esters is 1. The molecule has 262 valence electrons. The number of rotatable bonds is 25. The van der Waals surface area contributed by atoms with E-state index in [1.165, 1.54) is 25.7 Å². The van der Waals surface area contributed by atoms with E-state index >= 15 is 0 Å². The number of carbonyl (C=O) groups excluding carboxylic acids is 1. The van der Waals surface area contributed by atoms with Gasteiger partial charge in [-0.05, 0) is 90.0 Å². The predicted octanol–water partition coefficient (Wildman–Crippen LogP) is 6.83. The Morgan fingerprint density at radius 3 is 1.64 bits per heavy atom. The second-order valence-corrected chi connectivity index (χ2v) is 14.2. The summed E-state index contributed by atoms with van der Waals surface area (Å²) in [6, 6.07) is 0. The van der Waals surface area contributed by atoms with Crippen LogP contribution in [0.3, 0.4) is 0 Å². The molecule has 0 aromatic heterocycles. The average molecular weight is 639 g/mol. The van der Waals surface area contributed by atoms with Crippen molar-refractivity contribution >= 4 is 5.97 Å². The number of aliphatic hydroxyl groups is 4. The third-order valence-corrected chi connectivity index (χ3v) is 10.1. The number of aliphatic hydroxyl groups excluding tert-OH is 4. The molecule has 0 bridgehead atoms. The third-order valence-electron chi connectivity index (χ3n) is 10.1. The summed E-state index contributed by atoms with van der Waals surface area (Å²) in [6.07, 6.45) is 21.7. The minimum absolute atomic E-state index is 0.000530. The third kappa shape index (κ3) is 14.7. The normalized spacial score (nSPS) is 27.8. The highest BCUT2D eigenvalue weighted by molar-refractivity contribution is 5.90. The number of carbonyl (C=O) groups is 1. The van der Waals surface area contributed by atoms with Crippen LogP contribution in [0.25, 0.3) is 0 Å². The van der Waals surface area contributed by atoms with Gasteiger partial charge in [0.05, 0.1) is 48.8 Å². The molecule has 3 heterocycles. The lowest BCUT2D eigenvalue weighted by molar-refractivity contribution is -0.139. The average Bonchev–Trinajstić information content (AvgIpc) is 3.77. The fourth-order valence-corrected chi connectivity index (χ4v) is 7.28. The monoisotopic (exact) mass is 638 g/mol. The van der Waals surface area contributed by atoms with E-state index in [1.807, 2.05) is 13.0 Å². The molecule has 2 fully saturated rings. The van der Waals surface area contributed by atoms with Crippen LogP contribution in [0.1, 0.15) is 162 Å². The first-order valence-corrected chi connectivity index (χ1v) is 18.7. The van der Waals surface area contributed by atoms with E-state index in [0.717, 1.165) is 103 Å². The maximum Gasteiger partial charge on any atom is 0.334 e. The quantitative estimate of drug-likeness (QED) is 0.0634. The molecule has 0 spiro atoms. The van der Waals surface area contributed by atoms with Gasteiger partial charge >= 0.3 is 5.97 Å². The van der Waals surface area contributed by atoms with Crippen LogP contribution < -0.4 is 0 Å². The molecule has 0 aliphatic carbocycles. The maximum absolute atomic E-state index is 11.7. The van der Waals surface area contributed by atoms with Crippen molar-refractivity contribution in [1.82, 2.24) is 0 Å². The molecular weight excluding hydrogens is 572 g/mol. The zero-order chi connectivity index (χ0) is 32.4. The maximum atomic E-state index is 11.7. The van der Waals surface area contributed by atoms with Crippen LogP contribution in [-0.2, 0) is 19.0 Å². The Bertz CT molecular complexity index is 833. The fraction of sp³-hybridized carbons (Fsp3) is 0.919. The van der Waals surface area contributed by atoms with E-state index in [1.54, 1.807) is 0 Å². The highest BCUT2D eigenvalue weighted by atomic mass is 16.6. The van der Waals surface area contributed by atoms with E-state index in [0.29, 0.717) is 24.8 Å². The van der Waals surface area contributed by atoms with Crippen molar-refractivity contribution in [3.05, 3.63) is 11.6 Å². The summed E-state index contributed by atoms with van der Waals surface area (Å²) >= 11 is 0. The molecule has 0 aromatic rings. The van der Waals surface area contributed by atoms with Gasteiger partial charge < -0.3 is 34.6 Å². The topological polar surface area (TPSA) is 126 Å². The molecule has 3 rings (SSSR count). The molecule has 2 saturated heterocycles. The Balaban J connectivity index is 1.15. The summed E-state index contributed by atoms with van der Waals surface area (Å²) in [5, 5.41) is 41.9. The molecule has 0 amide bonds. The van der Waals surface area contributed by atoms with Gasteiger partial charge in [0.2, 0.25) is 0 Å². The number of ether oxygens (including phenoxy) is 3. The van der Waals surface area contributed by atoms with Crippen LogP contribution in [0.15, 0.2) is 11.6 Å². The minimum Gasteiger partial charge on any atom is -0.455 e. The summed E-state index contributed by atoms with van der Waals surface area (Å²) in [4.78, 5) is 11.7. The number of hydrogen-bond donors (Lipinski definition) is 4. The Kier molecular flexibility index (Phi) is 18.6. The Morgan fingerprint density at radius 1 is 0.644 bits per heavy atom. The molecule has 9 atom stereocenters. The predicted molar refractivity (Wildman–Crippen MR) is 177 cm³/mol. The molecule has 3 aliphatic rings. The Labute approximate surface area is 273 Å². The van der Waals surface area contributed by atoms with Crippen LogP contribution in [0.2, 0.25) is 0 Å². The molecule has 4 N–H and O–H groups in total. The van der Waals surface area contributed by atoms with Gasteiger partial charge in [0, 0.05) is 5.57 Å². The van der Waals surface area contributed by atoms with Crippen molar-refractivity contribution in [2.75, 3.05) is 0 Å². The molecule has 8 nitrogen and oxygen atoms in total. The van der Waals surface area contributed by atoms with Gasteiger partial charge in [0.15, 0.2) is 0 Å². The lowest BCUT2D eigenvalue weighted by Gasteiger charge is -2.24. The van der Waals surface area contributed by atoms with Crippen molar-refractivity contribution in [2.45, 2.75) is 216 Å². The fourth-order valence-electron chi connectivity index (χ4n) is 7.28. The summed E-state index contributed by atoms with van der Waals surface area (Å²) in [6.45, 7) is 4.05.